The summed E-state index contributed by atoms with van der Waals surface area (Å²) >= 11 is 1.73. The molecule has 3 N–H and O–H groups in total. The van der Waals surface area contributed by atoms with Crippen LogP contribution in [0.25, 0.3) is 46.6 Å². The minimum Gasteiger partial charge on any atom is -0.405 e. The van der Waals surface area contributed by atoms with Gasteiger partial charge >= 0.3 is 6.01 Å². The van der Waals surface area contributed by atoms with Gasteiger partial charge in [-0.2, -0.15) is 4.99 Å². The summed E-state index contributed by atoms with van der Waals surface area (Å²) in [5.74, 6) is 0.303. The molecule has 15 nitrogen and oxygen atoms in total. The Morgan fingerprint density at radius 3 is 2.04 bits per heavy atom. The summed E-state index contributed by atoms with van der Waals surface area (Å²) in [5, 5.41) is 12.5. The maximum absolute atomic E-state index is 16.0. The van der Waals surface area contributed by atoms with Crippen molar-refractivity contribution in [3.05, 3.63) is 135 Å². The number of anilines is 1. The van der Waals surface area contributed by atoms with Gasteiger partial charge in [-0.3, -0.25) is 24.2 Å². The Balaban J connectivity index is 0.976. The fourth-order valence-corrected chi connectivity index (χ4v) is 9.42. The number of carbonyl (C=O) groups is 4. The van der Waals surface area contributed by atoms with Crippen molar-refractivity contribution >= 4 is 94.9 Å². The van der Waals surface area contributed by atoms with Gasteiger partial charge in [-0.05, 0) is 119 Å². The molecule has 0 aliphatic carbocycles. The number of nitrogens with zero attached hydrogens (tertiary/aromatic N) is 8. The lowest BCUT2D eigenvalue weighted by Crippen LogP contribution is -2.34. The molecule has 18 heteroatoms. The first-order valence-electron chi connectivity index (χ1n) is 23.8. The SMILES string of the molecule is CCCN(CCC)C(=O)C1=Cc2c(F)cc(-c3ccc(C=O)c(/C=C\N(C)Cc4nnc(N=C5CC(C=O)=Cc6c(F)cc(-c7ccc(C=O)c(/C=C\N(C)CC8=NCCS8)c7)cc6N5)o4)c3)cc2N=C(N)C1. The van der Waals surface area contributed by atoms with Crippen LogP contribution in [-0.4, -0.2) is 112 Å². The zero-order chi connectivity index (χ0) is 51.6. The molecule has 0 atom stereocenters. The molecular weight excluding hydrogens is 951 g/mol. The van der Waals surface area contributed by atoms with E-state index in [1.54, 1.807) is 89.4 Å². The zero-order valence-corrected chi connectivity index (χ0v) is 41.7. The minimum absolute atomic E-state index is 0.0162. The molecule has 73 heavy (non-hydrogen) atoms. The first kappa shape index (κ1) is 51.2. The van der Waals surface area contributed by atoms with E-state index in [-0.39, 0.29) is 65.6 Å². The van der Waals surface area contributed by atoms with Crippen molar-refractivity contribution in [2.24, 2.45) is 20.7 Å². The highest BCUT2D eigenvalue weighted by molar-refractivity contribution is 8.14. The molecule has 0 bridgehead atoms. The van der Waals surface area contributed by atoms with E-state index in [0.29, 0.717) is 87.4 Å². The molecule has 4 aromatic carbocycles. The lowest BCUT2D eigenvalue weighted by Gasteiger charge is -2.22. The molecular formula is C55H54F2N10O5S. The molecule has 0 saturated heterocycles. The van der Waals surface area contributed by atoms with E-state index in [1.165, 1.54) is 18.2 Å². The third-order valence-electron chi connectivity index (χ3n) is 12.1. The molecule has 3 aliphatic heterocycles. The first-order valence-corrected chi connectivity index (χ1v) is 24.8. The average molecular weight is 1010 g/mol. The van der Waals surface area contributed by atoms with Gasteiger partial charge in [-0.25, -0.2) is 13.8 Å². The average Bonchev–Trinajstić information content (AvgIpc) is 3.98. The van der Waals surface area contributed by atoms with E-state index in [1.807, 2.05) is 44.1 Å². The molecule has 8 rings (SSSR count). The third-order valence-corrected chi connectivity index (χ3v) is 13.1. The third kappa shape index (κ3) is 12.5. The smallest absolute Gasteiger partial charge is 0.344 e. The Labute approximate surface area is 426 Å². The van der Waals surface area contributed by atoms with Gasteiger partial charge in [0, 0.05) is 85.7 Å². The van der Waals surface area contributed by atoms with E-state index in [2.05, 4.69) is 30.5 Å². The molecule has 374 valence electrons. The number of thioether (sulfide) groups is 1. The molecule has 0 fully saturated rings. The zero-order valence-electron chi connectivity index (χ0n) is 40.9. The molecule has 1 amide bonds. The second kappa shape index (κ2) is 23.4. The summed E-state index contributed by atoms with van der Waals surface area (Å²) in [7, 11) is 3.70. The van der Waals surface area contributed by atoms with Gasteiger partial charge in [0.1, 0.15) is 29.6 Å². The van der Waals surface area contributed by atoms with Crippen molar-refractivity contribution in [1.29, 1.82) is 0 Å². The number of benzene rings is 4. The van der Waals surface area contributed by atoms with Gasteiger partial charge in [0.15, 0.2) is 12.6 Å². The van der Waals surface area contributed by atoms with E-state index in [4.69, 9.17) is 10.2 Å². The van der Waals surface area contributed by atoms with E-state index < -0.39 is 11.6 Å². The Kier molecular flexibility index (Phi) is 16.4. The van der Waals surface area contributed by atoms with Crippen molar-refractivity contribution in [3.8, 4) is 22.3 Å². The van der Waals surface area contributed by atoms with Gasteiger partial charge in [0.2, 0.25) is 11.8 Å². The largest absolute Gasteiger partial charge is 0.405 e. The van der Waals surface area contributed by atoms with Crippen LogP contribution in [0, 0.1) is 11.6 Å². The second-order valence-electron chi connectivity index (χ2n) is 17.7. The number of amides is 1. The normalized spacial score (nSPS) is 14.8. The van der Waals surface area contributed by atoms with Crippen molar-refractivity contribution in [1.82, 2.24) is 24.9 Å². The van der Waals surface area contributed by atoms with Crippen LogP contribution in [0.3, 0.4) is 0 Å². The molecule has 0 unspecified atom stereocenters. The highest BCUT2D eigenvalue weighted by atomic mass is 32.2. The predicted octanol–water partition coefficient (Wildman–Crippen LogP) is 10.0. The predicted molar refractivity (Wildman–Crippen MR) is 286 cm³/mol. The van der Waals surface area contributed by atoms with E-state index >= 15 is 8.78 Å². The Morgan fingerprint density at radius 2 is 1.42 bits per heavy atom. The fourth-order valence-electron chi connectivity index (χ4n) is 8.53. The second-order valence-corrected chi connectivity index (χ2v) is 18.9. The van der Waals surface area contributed by atoms with Gasteiger partial charge in [-0.1, -0.05) is 43.2 Å². The van der Waals surface area contributed by atoms with E-state index in [0.717, 1.165) is 42.8 Å². The van der Waals surface area contributed by atoms with Crippen LogP contribution in [0.1, 0.15) is 88.4 Å². The summed E-state index contributed by atoms with van der Waals surface area (Å²) in [6, 6.07) is 16.5. The molecule has 5 aromatic rings. The number of aldehydes is 3. The number of halogens is 2. The monoisotopic (exact) mass is 1000 g/mol. The van der Waals surface area contributed by atoms with Crippen molar-refractivity contribution in [2.75, 3.05) is 51.3 Å². The number of hydrogen-bond acceptors (Lipinski definition) is 14. The van der Waals surface area contributed by atoms with Crippen LogP contribution >= 0.6 is 11.8 Å². The number of carbonyl (C=O) groups excluding carboxylic acids is 4. The van der Waals surface area contributed by atoms with E-state index in [9.17, 15) is 19.2 Å². The number of fused-ring (bicyclic) bond motifs is 2. The summed E-state index contributed by atoms with van der Waals surface area (Å²) in [6.07, 6.45) is 14.0. The van der Waals surface area contributed by atoms with Crippen molar-refractivity contribution in [2.45, 2.75) is 46.1 Å². The maximum atomic E-state index is 16.0. The number of aliphatic imine (C=N–C) groups is 3. The number of amidine groups is 2. The maximum Gasteiger partial charge on any atom is 0.344 e. The minimum atomic E-state index is -0.569. The van der Waals surface area contributed by atoms with Crippen LogP contribution in [0.2, 0.25) is 0 Å². The molecule has 4 heterocycles. The van der Waals surface area contributed by atoms with Crippen LogP contribution in [0.4, 0.5) is 26.2 Å². The van der Waals surface area contributed by atoms with Gasteiger partial charge in [0.05, 0.1) is 29.5 Å². The molecule has 0 saturated carbocycles. The highest BCUT2D eigenvalue weighted by Crippen LogP contribution is 2.36. The van der Waals surface area contributed by atoms with Crippen LogP contribution < -0.4 is 11.1 Å². The summed E-state index contributed by atoms with van der Waals surface area (Å²) in [4.78, 5) is 68.9. The lowest BCUT2D eigenvalue weighted by molar-refractivity contribution is -0.127. The molecule has 1 aromatic heterocycles. The van der Waals surface area contributed by atoms with Crippen molar-refractivity contribution in [3.63, 3.8) is 0 Å². The quantitative estimate of drug-likeness (QED) is 0.0746. The standard InChI is InChI=1S/C55H54F2N10O5S/c1-5-14-67(15-6-2)54(71)43-23-45-47(57)25-41(26-48(45)60-50(58)28-43)35-7-9-39(32-69)37(21-35)11-16-65(3)29-52-63-64-55(72-52)62-51-20-34(31-68)19-44-46(56)24-42(27-49(44)61-51)36-8-10-40(33-70)38(22-36)12-17-66(4)30-53-59-13-18-73-53/h7-12,16-17,19,21-27,31-33H,5-6,13-15,18,20,28-30H2,1-4H3,(H2,58,60)(H,61,62,64)/b16-11-,17-12-. The molecule has 0 radical (unpaired) electrons. The van der Waals surface area contributed by atoms with Crippen molar-refractivity contribution < 1.29 is 32.4 Å². The Hall–Kier alpha value is -8.12. The van der Waals surface area contributed by atoms with Crippen LogP contribution in [0.15, 0.2) is 104 Å². The molecule has 3 aliphatic rings. The molecule has 0 spiro atoms. The van der Waals surface area contributed by atoms with Crippen LogP contribution in [0.5, 0.6) is 0 Å². The Morgan fingerprint density at radius 1 is 0.781 bits per heavy atom. The number of nitrogens with two attached hydrogens (primary N) is 1. The summed E-state index contributed by atoms with van der Waals surface area (Å²) < 4.78 is 37.8. The number of rotatable bonds is 19. The lowest BCUT2D eigenvalue weighted by atomic mass is 9.97. The van der Waals surface area contributed by atoms with Crippen LogP contribution in [-0.2, 0) is 16.1 Å². The van der Waals surface area contributed by atoms with Gasteiger partial charge < -0.3 is 30.2 Å². The number of nitrogens with one attached hydrogen (secondary N) is 1. The van der Waals surface area contributed by atoms with Gasteiger partial charge in [0.25, 0.3) is 0 Å². The first-order chi connectivity index (χ1) is 35.3. The fraction of sp³-hybridized carbons (Fsp3) is 0.255. The number of hydrogen-bond donors (Lipinski definition) is 2. The summed E-state index contributed by atoms with van der Waals surface area (Å²) in [6.45, 7) is 6.76. The Bertz CT molecular complexity index is 3190. The highest BCUT2D eigenvalue weighted by Gasteiger charge is 2.24. The number of aromatic nitrogens is 2. The van der Waals surface area contributed by atoms with Gasteiger partial charge in [-0.15, -0.1) is 16.9 Å². The topological polar surface area (TPSA) is 192 Å². The summed E-state index contributed by atoms with van der Waals surface area (Å²) in [5.41, 5.74) is 12.3.